The minimum atomic E-state index is -0.703. The molecule has 1 aliphatic carbocycles. The van der Waals surface area contributed by atoms with Gasteiger partial charge in [-0.05, 0) is 70.4 Å². The number of carboxylic acid groups (broad SMARTS) is 1. The second-order valence-electron chi connectivity index (χ2n) is 8.10. The molecule has 0 saturated heterocycles. The van der Waals surface area contributed by atoms with Crippen molar-refractivity contribution in [2.45, 2.75) is 58.5 Å². The van der Waals surface area contributed by atoms with Gasteiger partial charge in [0.05, 0.1) is 5.92 Å². The third-order valence-corrected chi connectivity index (χ3v) is 4.79. The SMILES string of the molecule is CC(C)(C)OC(=O)N1CCCc2ccc(C[C@H]3C[C@@H](C(=O)O)C3)nc21. The number of aliphatic carboxylic acids is 1. The standard InChI is InChI=1S/C19H26N2O4/c1-19(2,3)25-18(24)21-8-4-5-13-6-7-15(20-16(13)21)11-12-9-14(10-12)17(22)23/h6-7,12,14H,4-5,8-11H2,1-3H3,(H,22,23)/t12-,14+. The van der Waals surface area contributed by atoms with Crippen molar-refractivity contribution in [3.8, 4) is 0 Å². The fourth-order valence-corrected chi connectivity index (χ4v) is 3.49. The number of carbonyl (C=O) groups excluding carboxylic acids is 1. The van der Waals surface area contributed by atoms with E-state index in [1.54, 1.807) is 4.90 Å². The highest BCUT2D eigenvalue weighted by Gasteiger charge is 2.35. The maximum atomic E-state index is 12.5. The summed E-state index contributed by atoms with van der Waals surface area (Å²) in [4.78, 5) is 29.8. The lowest BCUT2D eigenvalue weighted by atomic mass is 9.73. The number of carboxylic acids is 1. The Kier molecular flexibility index (Phi) is 4.71. The summed E-state index contributed by atoms with van der Waals surface area (Å²) in [6, 6.07) is 4.05. The van der Waals surface area contributed by atoms with E-state index >= 15 is 0 Å². The van der Waals surface area contributed by atoms with Gasteiger partial charge in [-0.25, -0.2) is 9.78 Å². The molecule has 0 unspecified atom stereocenters. The first kappa shape index (κ1) is 17.7. The Morgan fingerprint density at radius 3 is 2.68 bits per heavy atom. The van der Waals surface area contributed by atoms with Gasteiger partial charge >= 0.3 is 12.1 Å². The number of hydrogen-bond acceptors (Lipinski definition) is 4. The van der Waals surface area contributed by atoms with Crippen molar-refractivity contribution >= 4 is 17.9 Å². The normalized spacial score (nSPS) is 22.8. The smallest absolute Gasteiger partial charge is 0.416 e. The highest BCUT2D eigenvalue weighted by molar-refractivity contribution is 5.88. The molecule has 25 heavy (non-hydrogen) atoms. The van der Waals surface area contributed by atoms with E-state index in [1.807, 2.05) is 32.9 Å². The number of aryl methyl sites for hydroxylation is 1. The van der Waals surface area contributed by atoms with Crippen molar-refractivity contribution in [3.05, 3.63) is 23.4 Å². The summed E-state index contributed by atoms with van der Waals surface area (Å²) < 4.78 is 5.51. The van der Waals surface area contributed by atoms with Crippen LogP contribution in [0.4, 0.5) is 10.6 Å². The van der Waals surface area contributed by atoms with E-state index in [-0.39, 0.29) is 12.0 Å². The monoisotopic (exact) mass is 346 g/mol. The fraction of sp³-hybridized carbons (Fsp3) is 0.632. The van der Waals surface area contributed by atoms with Crippen LogP contribution in [0.25, 0.3) is 0 Å². The van der Waals surface area contributed by atoms with Gasteiger partial charge in [0.1, 0.15) is 11.4 Å². The predicted molar refractivity (Wildman–Crippen MR) is 93.7 cm³/mol. The molecule has 0 bridgehead atoms. The Labute approximate surface area is 148 Å². The third kappa shape index (κ3) is 4.11. The number of carbonyl (C=O) groups is 2. The molecule has 6 heteroatoms. The van der Waals surface area contributed by atoms with Crippen LogP contribution in [0.1, 0.15) is 51.3 Å². The van der Waals surface area contributed by atoms with Crippen LogP contribution in [-0.4, -0.2) is 34.3 Å². The number of ether oxygens (including phenoxy) is 1. The quantitative estimate of drug-likeness (QED) is 0.907. The van der Waals surface area contributed by atoms with Gasteiger partial charge in [0.25, 0.3) is 0 Å². The summed E-state index contributed by atoms with van der Waals surface area (Å²) in [5.74, 6) is 0.156. The van der Waals surface area contributed by atoms with Crippen molar-refractivity contribution in [1.29, 1.82) is 0 Å². The molecule has 0 aromatic carbocycles. The summed E-state index contributed by atoms with van der Waals surface area (Å²) in [5, 5.41) is 8.99. The molecule has 1 aliphatic heterocycles. The fourth-order valence-electron chi connectivity index (χ4n) is 3.49. The van der Waals surface area contributed by atoms with Crippen LogP contribution < -0.4 is 4.90 Å². The minimum absolute atomic E-state index is 0.208. The van der Waals surface area contributed by atoms with Crippen molar-refractivity contribution in [1.82, 2.24) is 4.98 Å². The van der Waals surface area contributed by atoms with E-state index in [4.69, 9.17) is 14.8 Å². The topological polar surface area (TPSA) is 79.7 Å². The summed E-state index contributed by atoms with van der Waals surface area (Å²) >= 11 is 0. The summed E-state index contributed by atoms with van der Waals surface area (Å²) in [5.41, 5.74) is 1.45. The maximum absolute atomic E-state index is 12.5. The summed E-state index contributed by atoms with van der Waals surface area (Å²) in [6.45, 7) is 6.18. The van der Waals surface area contributed by atoms with Gasteiger partial charge in [-0.1, -0.05) is 6.07 Å². The number of anilines is 1. The molecular weight excluding hydrogens is 320 g/mol. The molecule has 0 radical (unpaired) electrons. The first-order chi connectivity index (χ1) is 11.7. The molecule has 1 amide bonds. The lowest BCUT2D eigenvalue weighted by Crippen LogP contribution is -2.40. The van der Waals surface area contributed by atoms with Gasteiger partial charge in [0.2, 0.25) is 0 Å². The lowest BCUT2D eigenvalue weighted by molar-refractivity contribution is -0.146. The second kappa shape index (κ2) is 6.65. The summed E-state index contributed by atoms with van der Waals surface area (Å²) in [7, 11) is 0. The van der Waals surface area contributed by atoms with Crippen LogP contribution in [0, 0.1) is 11.8 Å². The Morgan fingerprint density at radius 2 is 2.04 bits per heavy atom. The van der Waals surface area contributed by atoms with Crippen molar-refractivity contribution < 1.29 is 19.4 Å². The molecule has 1 N–H and O–H groups in total. The van der Waals surface area contributed by atoms with Crippen molar-refractivity contribution in [2.75, 3.05) is 11.4 Å². The van der Waals surface area contributed by atoms with Gasteiger partial charge in [0, 0.05) is 12.2 Å². The largest absolute Gasteiger partial charge is 0.481 e. The molecular formula is C19H26N2O4. The zero-order valence-electron chi connectivity index (χ0n) is 15.1. The molecule has 2 heterocycles. The number of rotatable bonds is 3. The molecule has 1 aromatic rings. The van der Waals surface area contributed by atoms with Crippen LogP contribution in [0.15, 0.2) is 12.1 Å². The number of hydrogen-bond donors (Lipinski definition) is 1. The molecule has 1 aromatic heterocycles. The van der Waals surface area contributed by atoms with Gasteiger partial charge in [-0.3, -0.25) is 9.69 Å². The van der Waals surface area contributed by atoms with Crippen LogP contribution in [0.2, 0.25) is 0 Å². The minimum Gasteiger partial charge on any atom is -0.481 e. The van der Waals surface area contributed by atoms with E-state index in [1.165, 1.54) is 0 Å². The van der Waals surface area contributed by atoms with E-state index < -0.39 is 11.6 Å². The van der Waals surface area contributed by atoms with Crippen molar-refractivity contribution in [2.24, 2.45) is 11.8 Å². The zero-order chi connectivity index (χ0) is 18.2. The molecule has 0 atom stereocenters. The number of pyridine rings is 1. The third-order valence-electron chi connectivity index (χ3n) is 4.79. The molecule has 6 nitrogen and oxygen atoms in total. The number of nitrogens with zero attached hydrogens (tertiary/aromatic N) is 2. The average molecular weight is 346 g/mol. The molecule has 3 rings (SSSR count). The first-order valence-corrected chi connectivity index (χ1v) is 8.95. The van der Waals surface area contributed by atoms with E-state index in [0.717, 1.165) is 30.5 Å². The van der Waals surface area contributed by atoms with Gasteiger partial charge in [-0.2, -0.15) is 0 Å². The molecule has 1 fully saturated rings. The lowest BCUT2D eigenvalue weighted by Gasteiger charge is -2.33. The number of amides is 1. The second-order valence-corrected chi connectivity index (χ2v) is 8.10. The zero-order valence-corrected chi connectivity index (χ0v) is 15.1. The Bertz CT molecular complexity index is 674. The highest BCUT2D eigenvalue weighted by Crippen LogP contribution is 2.36. The Balaban J connectivity index is 1.72. The van der Waals surface area contributed by atoms with Gasteiger partial charge in [-0.15, -0.1) is 0 Å². The van der Waals surface area contributed by atoms with Gasteiger partial charge in [0.15, 0.2) is 0 Å². The van der Waals surface area contributed by atoms with E-state index in [9.17, 15) is 9.59 Å². The van der Waals surface area contributed by atoms with E-state index in [2.05, 4.69) is 0 Å². The van der Waals surface area contributed by atoms with E-state index in [0.29, 0.717) is 31.1 Å². The predicted octanol–water partition coefficient (Wildman–Crippen LogP) is 3.42. The van der Waals surface area contributed by atoms with Crippen LogP contribution in [-0.2, 0) is 22.4 Å². The summed E-state index contributed by atoms with van der Waals surface area (Å²) in [6.07, 6.45) is 3.64. The van der Waals surface area contributed by atoms with Crippen LogP contribution in [0.5, 0.6) is 0 Å². The molecule has 1 saturated carbocycles. The highest BCUT2D eigenvalue weighted by atomic mass is 16.6. The van der Waals surface area contributed by atoms with Crippen LogP contribution >= 0.6 is 0 Å². The first-order valence-electron chi connectivity index (χ1n) is 8.95. The Morgan fingerprint density at radius 1 is 1.32 bits per heavy atom. The molecule has 2 aliphatic rings. The molecule has 0 spiro atoms. The van der Waals surface area contributed by atoms with Gasteiger partial charge < -0.3 is 9.84 Å². The van der Waals surface area contributed by atoms with Crippen molar-refractivity contribution in [3.63, 3.8) is 0 Å². The number of aromatic nitrogens is 1. The number of fused-ring (bicyclic) bond motifs is 1. The Hall–Kier alpha value is -2.11. The average Bonchev–Trinajstić information content (AvgIpc) is 2.47. The maximum Gasteiger partial charge on any atom is 0.416 e. The molecule has 136 valence electrons. The van der Waals surface area contributed by atoms with Crippen LogP contribution in [0.3, 0.4) is 0 Å².